The number of anilines is 2. The summed E-state index contributed by atoms with van der Waals surface area (Å²) in [5.41, 5.74) is 8.30. The van der Waals surface area contributed by atoms with Crippen molar-refractivity contribution in [3.63, 3.8) is 0 Å². The minimum Gasteiger partial charge on any atom is -0.382 e. The van der Waals surface area contributed by atoms with E-state index < -0.39 is 12.0 Å². The lowest BCUT2D eigenvalue weighted by Gasteiger charge is -2.33. The van der Waals surface area contributed by atoms with E-state index in [0.717, 1.165) is 5.69 Å². The minimum atomic E-state index is -0.699. The van der Waals surface area contributed by atoms with Crippen molar-refractivity contribution in [2.24, 2.45) is 0 Å². The number of imidazole rings is 1. The predicted molar refractivity (Wildman–Crippen MR) is 116 cm³/mol. The summed E-state index contributed by atoms with van der Waals surface area (Å²) in [6.07, 6.45) is 1.98. The van der Waals surface area contributed by atoms with Gasteiger partial charge in [-0.1, -0.05) is 18.2 Å². The van der Waals surface area contributed by atoms with E-state index in [2.05, 4.69) is 45.8 Å². The SMILES string of the molecule is CC(C)N(C[C@H]1O[C@@H](n2cnc3c(N)ncnc32)[C@H]2OC(C)(C)O[C@@H]21)c1ccccc1. The van der Waals surface area contributed by atoms with E-state index in [4.69, 9.17) is 19.9 Å². The highest BCUT2D eigenvalue weighted by Gasteiger charge is 2.56. The Morgan fingerprint density at radius 3 is 2.58 bits per heavy atom. The molecule has 2 aliphatic rings. The van der Waals surface area contributed by atoms with Gasteiger partial charge in [0.1, 0.15) is 30.2 Å². The summed E-state index contributed by atoms with van der Waals surface area (Å²) in [5.74, 6) is -0.357. The molecular weight excluding hydrogens is 396 g/mol. The third-order valence-corrected chi connectivity index (χ3v) is 5.87. The quantitative estimate of drug-likeness (QED) is 0.667. The van der Waals surface area contributed by atoms with Gasteiger partial charge in [-0.05, 0) is 39.8 Å². The van der Waals surface area contributed by atoms with Crippen molar-refractivity contribution in [2.45, 2.75) is 64.1 Å². The molecule has 4 atom stereocenters. The molecule has 0 saturated carbocycles. The van der Waals surface area contributed by atoms with Crippen LogP contribution in [0.4, 0.5) is 11.5 Å². The number of rotatable bonds is 5. The van der Waals surface area contributed by atoms with E-state index in [-0.39, 0.29) is 18.3 Å². The van der Waals surface area contributed by atoms with E-state index >= 15 is 0 Å². The molecule has 0 amide bonds. The van der Waals surface area contributed by atoms with Crippen LogP contribution in [-0.2, 0) is 14.2 Å². The van der Waals surface area contributed by atoms with Crippen LogP contribution >= 0.6 is 0 Å². The summed E-state index contributed by atoms with van der Waals surface area (Å²) < 4.78 is 21.0. The number of nitrogens with two attached hydrogens (primary N) is 1. The largest absolute Gasteiger partial charge is 0.382 e. The fraction of sp³-hybridized carbons (Fsp3) is 0.500. The summed E-state index contributed by atoms with van der Waals surface area (Å²) in [4.78, 5) is 15.1. The second-order valence-electron chi connectivity index (χ2n) is 8.79. The van der Waals surface area contributed by atoms with Gasteiger partial charge in [0.25, 0.3) is 0 Å². The van der Waals surface area contributed by atoms with Crippen molar-refractivity contribution >= 4 is 22.7 Å². The van der Waals surface area contributed by atoms with E-state index in [0.29, 0.717) is 29.6 Å². The smallest absolute Gasteiger partial charge is 0.167 e. The van der Waals surface area contributed by atoms with Crippen LogP contribution in [0.5, 0.6) is 0 Å². The van der Waals surface area contributed by atoms with E-state index in [1.54, 1.807) is 6.33 Å². The Kier molecular flexibility index (Phi) is 4.84. The number of aromatic nitrogens is 4. The van der Waals surface area contributed by atoms with Gasteiger partial charge < -0.3 is 24.8 Å². The lowest BCUT2D eigenvalue weighted by Crippen LogP contribution is -2.43. The Balaban J connectivity index is 1.49. The van der Waals surface area contributed by atoms with Crippen molar-refractivity contribution in [1.29, 1.82) is 0 Å². The molecule has 0 aliphatic carbocycles. The zero-order valence-corrected chi connectivity index (χ0v) is 18.2. The Labute approximate surface area is 181 Å². The molecule has 2 saturated heterocycles. The highest BCUT2D eigenvalue weighted by atomic mass is 16.8. The second-order valence-corrected chi connectivity index (χ2v) is 8.79. The summed E-state index contributed by atoms with van der Waals surface area (Å²) in [6.45, 7) is 8.89. The molecule has 2 fully saturated rings. The molecule has 3 aromatic rings. The van der Waals surface area contributed by atoms with Gasteiger partial charge in [-0.3, -0.25) is 4.57 Å². The first-order chi connectivity index (χ1) is 14.8. The number of nitrogen functional groups attached to an aromatic ring is 1. The van der Waals surface area contributed by atoms with Crippen molar-refractivity contribution < 1.29 is 14.2 Å². The van der Waals surface area contributed by atoms with Crippen LogP contribution in [0.3, 0.4) is 0 Å². The lowest BCUT2D eigenvalue weighted by atomic mass is 10.1. The van der Waals surface area contributed by atoms with E-state index in [1.165, 1.54) is 6.33 Å². The molecule has 2 aliphatic heterocycles. The van der Waals surface area contributed by atoms with Crippen molar-refractivity contribution in [3.05, 3.63) is 43.0 Å². The normalized spacial score (nSPS) is 27.1. The van der Waals surface area contributed by atoms with Gasteiger partial charge in [0.2, 0.25) is 0 Å². The summed E-state index contributed by atoms with van der Waals surface area (Å²) in [5, 5.41) is 0. The molecule has 5 rings (SSSR count). The number of nitrogens with zero attached hydrogens (tertiary/aromatic N) is 5. The maximum atomic E-state index is 6.55. The fourth-order valence-electron chi connectivity index (χ4n) is 4.51. The molecule has 31 heavy (non-hydrogen) atoms. The standard InChI is InChI=1S/C22H28N6O3/c1-13(2)27(14-8-6-5-7-9-14)10-15-17-18(31-22(3,4)30-17)21(29-15)28-12-26-16-19(23)24-11-25-20(16)28/h5-9,11-13,15,17-18,21H,10H2,1-4H3,(H2,23,24,25)/t15-,17-,18+,21-/m1/s1. The predicted octanol–water partition coefficient (Wildman–Crippen LogP) is 2.74. The van der Waals surface area contributed by atoms with Crippen molar-refractivity contribution in [1.82, 2.24) is 19.5 Å². The van der Waals surface area contributed by atoms with E-state index in [1.807, 2.05) is 36.6 Å². The molecule has 9 nitrogen and oxygen atoms in total. The van der Waals surface area contributed by atoms with Crippen LogP contribution in [0.15, 0.2) is 43.0 Å². The summed E-state index contributed by atoms with van der Waals surface area (Å²) in [7, 11) is 0. The molecule has 9 heteroatoms. The second kappa shape index (κ2) is 7.44. The first-order valence-corrected chi connectivity index (χ1v) is 10.6. The Morgan fingerprint density at radius 1 is 1.10 bits per heavy atom. The number of benzene rings is 1. The van der Waals surface area contributed by atoms with Gasteiger partial charge >= 0.3 is 0 Å². The molecular formula is C22H28N6O3. The van der Waals surface area contributed by atoms with Gasteiger partial charge in [-0.25, -0.2) is 15.0 Å². The molecule has 2 N–H and O–H groups in total. The molecule has 0 bridgehead atoms. The summed E-state index contributed by atoms with van der Waals surface area (Å²) in [6, 6.07) is 10.6. The zero-order valence-electron chi connectivity index (χ0n) is 18.2. The Hall–Kier alpha value is -2.75. The topological polar surface area (TPSA) is 101 Å². The molecule has 0 spiro atoms. The third-order valence-electron chi connectivity index (χ3n) is 5.87. The molecule has 4 heterocycles. The Bertz CT molecular complexity index is 1070. The fourth-order valence-corrected chi connectivity index (χ4v) is 4.51. The number of ether oxygens (including phenoxy) is 3. The van der Waals surface area contributed by atoms with Gasteiger partial charge in [0, 0.05) is 18.3 Å². The number of para-hydroxylation sites is 1. The Morgan fingerprint density at radius 2 is 1.84 bits per heavy atom. The van der Waals surface area contributed by atoms with Crippen LogP contribution in [0.1, 0.15) is 33.9 Å². The molecule has 0 radical (unpaired) electrons. The van der Waals surface area contributed by atoms with Crippen LogP contribution in [-0.4, -0.2) is 56.2 Å². The van der Waals surface area contributed by atoms with Crippen LogP contribution in [0.25, 0.3) is 11.2 Å². The molecule has 164 valence electrons. The minimum absolute atomic E-state index is 0.198. The molecule has 1 aromatic carbocycles. The van der Waals surface area contributed by atoms with E-state index in [9.17, 15) is 0 Å². The molecule has 0 unspecified atom stereocenters. The van der Waals surface area contributed by atoms with Gasteiger partial charge in [0.05, 0.1) is 6.33 Å². The first kappa shape index (κ1) is 20.2. The number of fused-ring (bicyclic) bond motifs is 2. The highest BCUT2D eigenvalue weighted by Crippen LogP contribution is 2.44. The first-order valence-electron chi connectivity index (χ1n) is 10.6. The van der Waals surface area contributed by atoms with Gasteiger partial charge in [0.15, 0.2) is 23.5 Å². The average Bonchev–Trinajstić information content (AvgIpc) is 3.38. The van der Waals surface area contributed by atoms with Gasteiger partial charge in [-0.15, -0.1) is 0 Å². The number of hydrogen-bond donors (Lipinski definition) is 1. The molecule has 2 aromatic heterocycles. The maximum absolute atomic E-state index is 6.55. The lowest BCUT2D eigenvalue weighted by molar-refractivity contribution is -0.195. The maximum Gasteiger partial charge on any atom is 0.167 e. The monoisotopic (exact) mass is 424 g/mol. The number of hydrogen-bond acceptors (Lipinski definition) is 8. The van der Waals surface area contributed by atoms with Crippen molar-refractivity contribution in [3.8, 4) is 0 Å². The highest BCUT2D eigenvalue weighted by molar-refractivity contribution is 5.81. The van der Waals surface area contributed by atoms with Crippen LogP contribution in [0, 0.1) is 0 Å². The van der Waals surface area contributed by atoms with Crippen molar-refractivity contribution in [2.75, 3.05) is 17.2 Å². The van der Waals surface area contributed by atoms with Gasteiger partial charge in [-0.2, -0.15) is 0 Å². The third kappa shape index (κ3) is 3.52. The van der Waals surface area contributed by atoms with Crippen LogP contribution < -0.4 is 10.6 Å². The summed E-state index contributed by atoms with van der Waals surface area (Å²) >= 11 is 0. The van der Waals surface area contributed by atoms with Crippen LogP contribution in [0.2, 0.25) is 0 Å². The average molecular weight is 425 g/mol. The zero-order chi connectivity index (χ0) is 21.8.